The van der Waals surface area contributed by atoms with Crippen LogP contribution >= 0.6 is 11.9 Å². The van der Waals surface area contributed by atoms with Crippen LogP contribution in [0.2, 0.25) is 0 Å². The van der Waals surface area contributed by atoms with E-state index in [-0.39, 0.29) is 12.2 Å². The molecular formula is C16H13F3N2O3S. The van der Waals surface area contributed by atoms with Crippen LogP contribution in [0.3, 0.4) is 0 Å². The Morgan fingerprint density at radius 3 is 2.60 bits per heavy atom. The molecule has 1 atom stereocenters. The number of alkyl halides is 3. The number of para-hydroxylation sites is 1. The molecule has 0 saturated heterocycles. The summed E-state index contributed by atoms with van der Waals surface area (Å²) in [5, 5.41) is 8.81. The first-order valence-electron chi connectivity index (χ1n) is 7.22. The summed E-state index contributed by atoms with van der Waals surface area (Å²) < 4.78 is 43.2. The third kappa shape index (κ3) is 3.99. The highest BCUT2D eigenvalue weighted by atomic mass is 32.2. The molecule has 0 aromatic heterocycles. The Bertz CT molecular complexity index is 771. The van der Waals surface area contributed by atoms with Gasteiger partial charge >= 0.3 is 6.36 Å². The topological polar surface area (TPSA) is 61.8 Å². The van der Waals surface area contributed by atoms with E-state index in [1.54, 1.807) is 5.48 Å². The summed E-state index contributed by atoms with van der Waals surface area (Å²) in [5.74, 6) is -0.988. The van der Waals surface area contributed by atoms with E-state index in [1.165, 1.54) is 30.1 Å². The fraction of sp³-hybridized carbons (Fsp3) is 0.188. The van der Waals surface area contributed by atoms with Crippen molar-refractivity contribution in [2.24, 2.45) is 0 Å². The molecule has 5 nitrogen and oxygen atoms in total. The summed E-state index contributed by atoms with van der Waals surface area (Å²) in [6, 6.07) is 12.6. The molecule has 0 saturated carbocycles. The number of carbonyl (C=O) groups excluding carboxylic acids is 1. The molecule has 9 heteroatoms. The number of fused-ring (bicyclic) bond motifs is 1. The van der Waals surface area contributed by atoms with Crippen molar-refractivity contribution in [1.82, 2.24) is 5.48 Å². The molecule has 132 valence electrons. The molecule has 1 heterocycles. The predicted molar refractivity (Wildman–Crippen MR) is 85.2 cm³/mol. The van der Waals surface area contributed by atoms with Gasteiger partial charge in [0, 0.05) is 10.6 Å². The van der Waals surface area contributed by atoms with E-state index in [9.17, 15) is 18.0 Å². The fourth-order valence-corrected chi connectivity index (χ4v) is 3.77. The number of anilines is 1. The van der Waals surface area contributed by atoms with Gasteiger partial charge in [0.05, 0.1) is 12.5 Å². The lowest BCUT2D eigenvalue weighted by Crippen LogP contribution is -2.26. The lowest BCUT2D eigenvalue weighted by molar-refractivity contribution is -0.274. The molecule has 2 aromatic rings. The standard InChI is InChI=1S/C16H13F3N2O3S/c17-16(18,19)24-11-6-7-14-12(8-11)13(9-15(22)20-23)21(25-14)10-4-2-1-3-5-10/h1-8,13,23H,9H2,(H,20,22). The largest absolute Gasteiger partial charge is 0.573 e. The van der Waals surface area contributed by atoms with Gasteiger partial charge in [-0.3, -0.25) is 10.0 Å². The average Bonchev–Trinajstić information content (AvgIpc) is 2.92. The molecule has 2 aromatic carbocycles. The third-order valence-electron chi connectivity index (χ3n) is 3.57. The second kappa shape index (κ2) is 6.85. The molecule has 0 radical (unpaired) electrons. The van der Waals surface area contributed by atoms with Crippen LogP contribution in [-0.4, -0.2) is 17.5 Å². The van der Waals surface area contributed by atoms with E-state index >= 15 is 0 Å². The van der Waals surface area contributed by atoms with Crippen molar-refractivity contribution in [3.63, 3.8) is 0 Å². The number of benzene rings is 2. The zero-order chi connectivity index (χ0) is 18.0. The highest BCUT2D eigenvalue weighted by Gasteiger charge is 2.36. The molecule has 0 fully saturated rings. The maximum atomic E-state index is 12.5. The molecule has 1 amide bonds. The van der Waals surface area contributed by atoms with Crippen LogP contribution in [0.25, 0.3) is 0 Å². The summed E-state index contributed by atoms with van der Waals surface area (Å²) >= 11 is 1.31. The van der Waals surface area contributed by atoms with Crippen molar-refractivity contribution < 1.29 is 27.9 Å². The molecule has 0 spiro atoms. The number of hydrogen-bond acceptors (Lipinski definition) is 5. The molecular weight excluding hydrogens is 357 g/mol. The van der Waals surface area contributed by atoms with E-state index in [4.69, 9.17) is 5.21 Å². The first-order valence-corrected chi connectivity index (χ1v) is 7.99. The summed E-state index contributed by atoms with van der Waals surface area (Å²) in [7, 11) is 0. The van der Waals surface area contributed by atoms with Crippen molar-refractivity contribution in [3.05, 3.63) is 54.1 Å². The van der Waals surface area contributed by atoms with Crippen LogP contribution in [0.1, 0.15) is 18.0 Å². The lowest BCUT2D eigenvalue weighted by Gasteiger charge is -2.25. The quantitative estimate of drug-likeness (QED) is 0.483. The van der Waals surface area contributed by atoms with Crippen LogP contribution in [-0.2, 0) is 4.79 Å². The van der Waals surface area contributed by atoms with Gasteiger partial charge in [0.25, 0.3) is 0 Å². The van der Waals surface area contributed by atoms with Crippen LogP contribution in [0.4, 0.5) is 18.9 Å². The van der Waals surface area contributed by atoms with Gasteiger partial charge in [0.15, 0.2) is 0 Å². The number of halogens is 3. The van der Waals surface area contributed by atoms with E-state index in [2.05, 4.69) is 4.74 Å². The number of ether oxygens (including phenoxy) is 1. The summed E-state index contributed by atoms with van der Waals surface area (Å²) in [5.41, 5.74) is 2.88. The van der Waals surface area contributed by atoms with Crippen LogP contribution in [0.5, 0.6) is 5.75 Å². The van der Waals surface area contributed by atoms with Gasteiger partial charge < -0.3 is 9.04 Å². The first-order chi connectivity index (χ1) is 11.9. The highest BCUT2D eigenvalue weighted by molar-refractivity contribution is 8.01. The molecule has 0 aliphatic carbocycles. The van der Waals surface area contributed by atoms with Gasteiger partial charge in [-0.1, -0.05) is 18.2 Å². The minimum atomic E-state index is -4.79. The molecule has 1 aliphatic heterocycles. The van der Waals surface area contributed by atoms with Gasteiger partial charge in [-0.2, -0.15) is 0 Å². The van der Waals surface area contributed by atoms with Crippen molar-refractivity contribution in [2.45, 2.75) is 23.7 Å². The molecule has 25 heavy (non-hydrogen) atoms. The number of hydrogen-bond donors (Lipinski definition) is 2. The maximum absolute atomic E-state index is 12.5. The van der Waals surface area contributed by atoms with Crippen LogP contribution in [0.15, 0.2) is 53.4 Å². The number of carbonyl (C=O) groups is 1. The molecule has 3 rings (SSSR count). The number of nitrogens with one attached hydrogen (secondary N) is 1. The molecule has 1 unspecified atom stereocenters. The summed E-state index contributed by atoms with van der Waals surface area (Å²) in [6.45, 7) is 0. The monoisotopic (exact) mass is 370 g/mol. The summed E-state index contributed by atoms with van der Waals surface area (Å²) in [4.78, 5) is 12.4. The lowest BCUT2D eigenvalue weighted by atomic mass is 10.0. The number of hydroxylamine groups is 1. The third-order valence-corrected chi connectivity index (χ3v) is 4.80. The van der Waals surface area contributed by atoms with Crippen molar-refractivity contribution >= 4 is 23.5 Å². The molecule has 2 N–H and O–H groups in total. The minimum absolute atomic E-state index is 0.124. The van der Waals surface area contributed by atoms with E-state index in [1.807, 2.05) is 34.6 Å². The Balaban J connectivity index is 1.96. The van der Waals surface area contributed by atoms with Gasteiger partial charge in [-0.15, -0.1) is 13.2 Å². The van der Waals surface area contributed by atoms with Gasteiger partial charge in [-0.05, 0) is 47.8 Å². The number of nitrogens with zero attached hydrogens (tertiary/aromatic N) is 1. The number of rotatable bonds is 4. The maximum Gasteiger partial charge on any atom is 0.573 e. The number of amides is 1. The van der Waals surface area contributed by atoms with E-state index < -0.39 is 18.3 Å². The van der Waals surface area contributed by atoms with Gasteiger partial charge in [0.2, 0.25) is 5.91 Å². The average molecular weight is 370 g/mol. The smallest absolute Gasteiger partial charge is 0.406 e. The normalized spacial score (nSPS) is 16.5. The summed E-state index contributed by atoms with van der Waals surface area (Å²) in [6.07, 6.45) is -4.92. The Labute approximate surface area is 145 Å². The van der Waals surface area contributed by atoms with Crippen LogP contribution < -0.4 is 14.5 Å². The van der Waals surface area contributed by atoms with Crippen molar-refractivity contribution in [1.29, 1.82) is 0 Å². The van der Waals surface area contributed by atoms with Crippen LogP contribution in [0, 0.1) is 0 Å². The Morgan fingerprint density at radius 2 is 1.96 bits per heavy atom. The zero-order valence-corrected chi connectivity index (χ0v) is 13.5. The van der Waals surface area contributed by atoms with Crippen molar-refractivity contribution in [2.75, 3.05) is 4.31 Å². The fourth-order valence-electron chi connectivity index (χ4n) is 2.58. The second-order valence-corrected chi connectivity index (χ2v) is 6.27. The zero-order valence-electron chi connectivity index (χ0n) is 12.7. The Morgan fingerprint density at radius 1 is 1.24 bits per heavy atom. The molecule has 1 aliphatic rings. The van der Waals surface area contributed by atoms with E-state index in [0.717, 1.165) is 5.69 Å². The first kappa shape index (κ1) is 17.4. The highest BCUT2D eigenvalue weighted by Crippen LogP contribution is 2.49. The minimum Gasteiger partial charge on any atom is -0.406 e. The molecule has 0 bridgehead atoms. The Hall–Kier alpha value is -2.39. The van der Waals surface area contributed by atoms with Crippen molar-refractivity contribution in [3.8, 4) is 5.75 Å². The van der Waals surface area contributed by atoms with Gasteiger partial charge in [-0.25, -0.2) is 5.48 Å². The van der Waals surface area contributed by atoms with Gasteiger partial charge in [0.1, 0.15) is 5.75 Å². The van der Waals surface area contributed by atoms with E-state index in [0.29, 0.717) is 10.5 Å². The SMILES string of the molecule is O=C(CC1c2cc(OC(F)(F)F)ccc2SN1c1ccccc1)NO. The Kier molecular flexibility index (Phi) is 4.78. The predicted octanol–water partition coefficient (Wildman–Crippen LogP) is 4.05. The second-order valence-electron chi connectivity index (χ2n) is 5.25.